The molecule has 1 aromatic carbocycles. The summed E-state index contributed by atoms with van der Waals surface area (Å²) in [4.78, 5) is 24.0. The third-order valence-electron chi connectivity index (χ3n) is 5.06. The number of amides is 3. The van der Waals surface area contributed by atoms with Crippen LogP contribution in [0, 0.1) is 0 Å². The fraction of sp³-hybridized carbons (Fsp3) is 0.476. The van der Waals surface area contributed by atoms with E-state index in [0.717, 1.165) is 24.0 Å². The molecule has 0 atom stereocenters. The van der Waals surface area contributed by atoms with Crippen LogP contribution in [0.3, 0.4) is 0 Å². The zero-order valence-corrected chi connectivity index (χ0v) is 16.2. The van der Waals surface area contributed by atoms with Gasteiger partial charge in [-0.1, -0.05) is 43.5 Å². The molecule has 3 N–H and O–H groups in total. The maximum atomic E-state index is 12.1. The molecule has 1 aromatic heterocycles. The van der Waals surface area contributed by atoms with Gasteiger partial charge < -0.3 is 16.0 Å². The lowest BCUT2D eigenvalue weighted by molar-refractivity contribution is -0.121. The maximum Gasteiger partial charge on any atom is 0.315 e. The molecule has 0 unspecified atom stereocenters. The van der Waals surface area contributed by atoms with Gasteiger partial charge in [-0.25, -0.2) is 4.79 Å². The Morgan fingerprint density at radius 2 is 1.82 bits per heavy atom. The molecule has 0 spiro atoms. The highest BCUT2D eigenvalue weighted by Gasteiger charge is 2.15. The zero-order valence-electron chi connectivity index (χ0n) is 16.2. The van der Waals surface area contributed by atoms with E-state index in [-0.39, 0.29) is 24.4 Å². The molecule has 0 saturated heterocycles. The van der Waals surface area contributed by atoms with Crippen LogP contribution >= 0.6 is 0 Å². The van der Waals surface area contributed by atoms with Crippen LogP contribution in [0.4, 0.5) is 4.79 Å². The average Bonchev–Trinajstić information content (AvgIpc) is 3.21. The molecule has 0 aliphatic heterocycles. The zero-order chi connectivity index (χ0) is 19.6. The van der Waals surface area contributed by atoms with E-state index < -0.39 is 0 Å². The molecule has 2 aromatic rings. The summed E-state index contributed by atoms with van der Waals surface area (Å²) < 4.78 is 1.86. The number of urea groups is 1. The third-order valence-corrected chi connectivity index (χ3v) is 5.06. The Labute approximate surface area is 165 Å². The number of rotatable bonds is 8. The van der Waals surface area contributed by atoms with Gasteiger partial charge in [-0.3, -0.25) is 9.48 Å². The molecule has 1 aliphatic carbocycles. The van der Waals surface area contributed by atoms with Crippen molar-refractivity contribution in [2.45, 2.75) is 57.7 Å². The molecule has 0 radical (unpaired) electrons. The lowest BCUT2D eigenvalue weighted by atomic mass is 9.96. The Kier molecular flexibility index (Phi) is 7.46. The number of nitrogens with zero attached hydrogens (tertiary/aromatic N) is 2. The Morgan fingerprint density at radius 1 is 1.04 bits per heavy atom. The first-order valence-corrected chi connectivity index (χ1v) is 10.1. The number of benzene rings is 1. The van der Waals surface area contributed by atoms with Gasteiger partial charge in [0.1, 0.15) is 0 Å². The van der Waals surface area contributed by atoms with Crippen molar-refractivity contribution < 1.29 is 9.59 Å². The lowest BCUT2D eigenvalue weighted by Crippen LogP contribution is -2.43. The van der Waals surface area contributed by atoms with E-state index in [0.29, 0.717) is 19.6 Å². The van der Waals surface area contributed by atoms with Crippen LogP contribution in [-0.4, -0.2) is 34.3 Å². The Morgan fingerprint density at radius 3 is 2.57 bits per heavy atom. The first-order chi connectivity index (χ1) is 13.7. The van der Waals surface area contributed by atoms with E-state index in [1.807, 2.05) is 41.2 Å². The molecule has 1 fully saturated rings. The normalized spacial score (nSPS) is 14.4. The minimum Gasteiger partial charge on any atom is -0.352 e. The summed E-state index contributed by atoms with van der Waals surface area (Å²) in [6.45, 7) is 1.46. The van der Waals surface area contributed by atoms with Crippen LogP contribution in [0.5, 0.6) is 0 Å². The number of hydrogen-bond donors (Lipinski definition) is 3. The SMILES string of the molecule is O=C(CCNC(=O)NC1CCCCC1)NCc1ccccc1Cn1cccn1. The largest absolute Gasteiger partial charge is 0.352 e. The number of nitrogens with one attached hydrogen (secondary N) is 3. The quantitative estimate of drug-likeness (QED) is 0.655. The van der Waals surface area contributed by atoms with Gasteiger partial charge in [-0.05, 0) is 30.0 Å². The topological polar surface area (TPSA) is 88.0 Å². The molecular formula is C21H29N5O2. The number of carbonyl (C=O) groups is 2. The third kappa shape index (κ3) is 6.40. The van der Waals surface area contributed by atoms with E-state index in [1.54, 1.807) is 6.20 Å². The van der Waals surface area contributed by atoms with Gasteiger partial charge in [0.05, 0.1) is 6.54 Å². The highest BCUT2D eigenvalue weighted by atomic mass is 16.2. The highest BCUT2D eigenvalue weighted by Crippen LogP contribution is 2.17. The summed E-state index contributed by atoms with van der Waals surface area (Å²) in [5, 5.41) is 12.9. The molecule has 28 heavy (non-hydrogen) atoms. The van der Waals surface area contributed by atoms with E-state index in [4.69, 9.17) is 0 Å². The lowest BCUT2D eigenvalue weighted by Gasteiger charge is -2.22. The predicted molar refractivity (Wildman–Crippen MR) is 108 cm³/mol. The van der Waals surface area contributed by atoms with Gasteiger partial charge in [-0.15, -0.1) is 0 Å². The minimum absolute atomic E-state index is 0.0770. The van der Waals surface area contributed by atoms with E-state index in [9.17, 15) is 9.59 Å². The van der Waals surface area contributed by atoms with Crippen molar-refractivity contribution in [2.24, 2.45) is 0 Å². The number of hydrogen-bond acceptors (Lipinski definition) is 3. The van der Waals surface area contributed by atoms with E-state index in [1.165, 1.54) is 19.3 Å². The fourth-order valence-electron chi connectivity index (χ4n) is 3.51. The molecule has 1 heterocycles. The van der Waals surface area contributed by atoms with Crippen LogP contribution in [0.15, 0.2) is 42.7 Å². The van der Waals surface area contributed by atoms with Crippen molar-refractivity contribution >= 4 is 11.9 Å². The number of carbonyl (C=O) groups excluding carboxylic acids is 2. The monoisotopic (exact) mass is 383 g/mol. The molecule has 3 amide bonds. The second-order valence-corrected chi connectivity index (χ2v) is 7.23. The van der Waals surface area contributed by atoms with E-state index >= 15 is 0 Å². The van der Waals surface area contributed by atoms with Gasteiger partial charge in [0, 0.05) is 37.9 Å². The second-order valence-electron chi connectivity index (χ2n) is 7.23. The molecule has 3 rings (SSSR count). The fourth-order valence-corrected chi connectivity index (χ4v) is 3.51. The first-order valence-electron chi connectivity index (χ1n) is 10.1. The van der Waals surface area contributed by atoms with Crippen LogP contribution in [-0.2, 0) is 17.9 Å². The van der Waals surface area contributed by atoms with Crippen LogP contribution < -0.4 is 16.0 Å². The van der Waals surface area contributed by atoms with Crippen molar-refractivity contribution in [1.29, 1.82) is 0 Å². The summed E-state index contributed by atoms with van der Waals surface area (Å²) in [7, 11) is 0. The molecule has 1 aliphatic rings. The number of aromatic nitrogens is 2. The highest BCUT2D eigenvalue weighted by molar-refractivity contribution is 5.78. The van der Waals surface area contributed by atoms with Crippen LogP contribution in [0.2, 0.25) is 0 Å². The van der Waals surface area contributed by atoms with Crippen molar-refractivity contribution in [3.63, 3.8) is 0 Å². The average molecular weight is 383 g/mol. The van der Waals surface area contributed by atoms with Crippen molar-refractivity contribution in [1.82, 2.24) is 25.7 Å². The maximum absolute atomic E-state index is 12.1. The van der Waals surface area contributed by atoms with Crippen molar-refractivity contribution in [2.75, 3.05) is 6.54 Å². The summed E-state index contributed by atoms with van der Waals surface area (Å²) in [5.41, 5.74) is 2.19. The molecular weight excluding hydrogens is 354 g/mol. The molecule has 150 valence electrons. The van der Waals surface area contributed by atoms with E-state index in [2.05, 4.69) is 21.0 Å². The minimum atomic E-state index is -0.177. The van der Waals surface area contributed by atoms with Crippen LogP contribution in [0.1, 0.15) is 49.7 Å². The van der Waals surface area contributed by atoms with Gasteiger partial charge in [0.2, 0.25) is 5.91 Å². The summed E-state index contributed by atoms with van der Waals surface area (Å²) in [6.07, 6.45) is 9.63. The summed E-state index contributed by atoms with van der Waals surface area (Å²) in [6, 6.07) is 9.99. The Bertz CT molecular complexity index is 754. The van der Waals surface area contributed by atoms with Gasteiger partial charge >= 0.3 is 6.03 Å². The van der Waals surface area contributed by atoms with Crippen molar-refractivity contribution in [3.05, 3.63) is 53.9 Å². The standard InChI is InChI=1S/C21H29N5O2/c27-20(11-13-22-21(28)25-19-9-2-1-3-10-19)23-15-17-7-4-5-8-18(17)16-26-14-6-12-24-26/h4-8,12,14,19H,1-3,9-11,13,15-16H2,(H,23,27)(H2,22,25,28). The molecule has 1 saturated carbocycles. The van der Waals surface area contributed by atoms with Crippen LogP contribution in [0.25, 0.3) is 0 Å². The molecule has 7 heteroatoms. The van der Waals surface area contributed by atoms with Gasteiger partial charge in [0.15, 0.2) is 0 Å². The smallest absolute Gasteiger partial charge is 0.315 e. The Hall–Kier alpha value is -2.83. The Balaban J connectivity index is 1.37. The predicted octanol–water partition coefficient (Wildman–Crippen LogP) is 2.57. The molecule has 7 nitrogen and oxygen atoms in total. The summed E-state index contributed by atoms with van der Waals surface area (Å²) >= 11 is 0. The molecule has 0 bridgehead atoms. The second kappa shape index (κ2) is 10.5. The summed E-state index contributed by atoms with van der Waals surface area (Å²) in [5.74, 6) is -0.0770. The first kappa shape index (κ1) is 19.9. The van der Waals surface area contributed by atoms with Crippen molar-refractivity contribution in [3.8, 4) is 0 Å². The van der Waals surface area contributed by atoms with Gasteiger partial charge in [-0.2, -0.15) is 5.10 Å². The van der Waals surface area contributed by atoms with Gasteiger partial charge in [0.25, 0.3) is 0 Å².